The smallest absolute Gasteiger partial charge is 0.335 e. The van der Waals surface area contributed by atoms with Crippen LogP contribution in [0.5, 0.6) is 0 Å². The molecule has 1 saturated heterocycles. The van der Waals surface area contributed by atoms with Crippen molar-refractivity contribution in [3.05, 3.63) is 105 Å². The number of carboxylic acids is 1. The lowest BCUT2D eigenvalue weighted by molar-refractivity contribution is 0.0696. The maximum atomic E-state index is 12.4. The number of likely N-dealkylation sites (tertiary alicyclic amines) is 1. The van der Waals surface area contributed by atoms with Gasteiger partial charge in [0.05, 0.1) is 12.2 Å². The zero-order chi connectivity index (χ0) is 25.9. The summed E-state index contributed by atoms with van der Waals surface area (Å²) in [5.74, 6) is -0.237. The number of halogens is 1. The summed E-state index contributed by atoms with van der Waals surface area (Å²) in [5.41, 5.74) is 11.6. The van der Waals surface area contributed by atoms with Gasteiger partial charge in [-0.2, -0.15) is 0 Å². The molecule has 0 radical (unpaired) electrons. The molecule has 0 amide bonds. The first kappa shape index (κ1) is 25.4. The van der Waals surface area contributed by atoms with E-state index >= 15 is 0 Å². The van der Waals surface area contributed by atoms with Crippen LogP contribution in [0.1, 0.15) is 68.6 Å². The summed E-state index contributed by atoms with van der Waals surface area (Å²) in [6.45, 7) is 7.12. The van der Waals surface area contributed by atoms with Crippen LogP contribution in [-0.4, -0.2) is 42.3 Å². The van der Waals surface area contributed by atoms with E-state index in [0.29, 0.717) is 17.9 Å². The van der Waals surface area contributed by atoms with Crippen molar-refractivity contribution < 1.29 is 14.3 Å². The number of nitrogens with zero attached hydrogens (tertiary/aromatic N) is 1. The second-order valence-electron chi connectivity index (χ2n) is 10.7. The maximum Gasteiger partial charge on any atom is 0.335 e. The lowest BCUT2D eigenvalue weighted by Crippen LogP contribution is -2.47. The zero-order valence-corrected chi connectivity index (χ0v) is 21.9. The Kier molecular flexibility index (Phi) is 7.57. The fourth-order valence-corrected chi connectivity index (χ4v) is 6.20. The third kappa shape index (κ3) is 5.40. The Bertz CT molecular complexity index is 1300. The van der Waals surface area contributed by atoms with E-state index in [1.807, 2.05) is 12.1 Å². The molecule has 3 aromatic carbocycles. The molecule has 0 spiro atoms. The number of fused-ring (bicyclic) bond motifs is 1. The van der Waals surface area contributed by atoms with Crippen molar-refractivity contribution >= 4 is 17.1 Å². The molecule has 0 saturated carbocycles. The quantitative estimate of drug-likeness (QED) is 0.360. The summed E-state index contributed by atoms with van der Waals surface area (Å²) in [4.78, 5) is 14.0. The van der Waals surface area contributed by atoms with Gasteiger partial charge in [-0.25, -0.2) is 4.79 Å². The Labute approximate surface area is 219 Å². The first-order valence-electron chi connectivity index (χ1n) is 13.5. The molecule has 1 fully saturated rings. The van der Waals surface area contributed by atoms with E-state index in [9.17, 15) is 14.3 Å². The Hall–Kier alpha value is -3.24. The molecule has 1 aliphatic heterocycles. The summed E-state index contributed by atoms with van der Waals surface area (Å²) in [6, 6.07) is 21.1. The molecule has 3 nitrogen and oxygen atoms in total. The van der Waals surface area contributed by atoms with E-state index < -0.39 is 5.97 Å². The molecule has 1 N–H and O–H groups in total. The molecule has 0 atom stereocenters. The van der Waals surface area contributed by atoms with Crippen LogP contribution in [0, 0.1) is 19.8 Å². The number of carboxylic acid groups (broad SMARTS) is 1. The maximum absolute atomic E-state index is 12.4. The summed E-state index contributed by atoms with van der Waals surface area (Å²) >= 11 is 0. The highest BCUT2D eigenvalue weighted by molar-refractivity contribution is 6.01. The number of carbonyl (C=O) groups is 1. The van der Waals surface area contributed by atoms with Crippen molar-refractivity contribution in [1.82, 2.24) is 4.90 Å². The predicted octanol–water partition coefficient (Wildman–Crippen LogP) is 7.13. The van der Waals surface area contributed by atoms with Gasteiger partial charge in [0.25, 0.3) is 0 Å². The standard InChI is InChI=1S/C33H36FNO2/c1-22-6-3-7-23(2)31(22)30-9-4-8-27-19-28(33(36)37)14-15-29(27)32(30)26-12-10-24(11-13-26)18-25-20-35(21-25)17-5-16-34/h3,6-7,10-15,19,25H,4-5,8-9,16-18,20-21H2,1-2H3,(H,36,37). The van der Waals surface area contributed by atoms with Crippen LogP contribution >= 0.6 is 0 Å². The highest BCUT2D eigenvalue weighted by Gasteiger charge is 2.26. The number of aryl methyl sites for hydroxylation is 3. The SMILES string of the molecule is Cc1cccc(C)c1C1=C(c2ccc(CC3CN(CCCF)C3)cc2)c2ccc(C(=O)O)cc2CCC1. The van der Waals surface area contributed by atoms with Crippen LogP contribution in [0.15, 0.2) is 60.7 Å². The van der Waals surface area contributed by atoms with Crippen LogP contribution in [0.25, 0.3) is 11.1 Å². The molecular weight excluding hydrogens is 461 g/mol. The van der Waals surface area contributed by atoms with Gasteiger partial charge in [0.1, 0.15) is 0 Å². The molecule has 1 heterocycles. The van der Waals surface area contributed by atoms with Gasteiger partial charge in [-0.05, 0) is 114 Å². The topological polar surface area (TPSA) is 40.5 Å². The Morgan fingerprint density at radius 1 is 1.00 bits per heavy atom. The van der Waals surface area contributed by atoms with Crippen LogP contribution in [0.4, 0.5) is 4.39 Å². The fourth-order valence-electron chi connectivity index (χ4n) is 6.20. The van der Waals surface area contributed by atoms with E-state index in [0.717, 1.165) is 56.4 Å². The van der Waals surface area contributed by atoms with Crippen LogP contribution < -0.4 is 0 Å². The largest absolute Gasteiger partial charge is 0.478 e. The highest BCUT2D eigenvalue weighted by Crippen LogP contribution is 2.42. The molecule has 1 aliphatic carbocycles. The van der Waals surface area contributed by atoms with Crippen LogP contribution in [0.3, 0.4) is 0 Å². The molecular formula is C33H36FNO2. The number of allylic oxidation sites excluding steroid dienone is 1. The first-order chi connectivity index (χ1) is 17.9. The molecule has 5 rings (SSSR count). The number of rotatable bonds is 8. The van der Waals surface area contributed by atoms with Gasteiger partial charge in [0.15, 0.2) is 0 Å². The highest BCUT2D eigenvalue weighted by atomic mass is 19.1. The van der Waals surface area contributed by atoms with Crippen molar-refractivity contribution in [2.24, 2.45) is 5.92 Å². The van der Waals surface area contributed by atoms with E-state index in [2.05, 4.69) is 61.2 Å². The minimum absolute atomic E-state index is 0.233. The summed E-state index contributed by atoms with van der Waals surface area (Å²) in [7, 11) is 0. The second-order valence-corrected chi connectivity index (χ2v) is 10.7. The van der Waals surface area contributed by atoms with E-state index in [-0.39, 0.29) is 6.67 Å². The van der Waals surface area contributed by atoms with Gasteiger partial charge in [-0.1, -0.05) is 48.5 Å². The summed E-state index contributed by atoms with van der Waals surface area (Å²) in [5, 5.41) is 9.60. The van der Waals surface area contributed by atoms with Gasteiger partial charge in [0.2, 0.25) is 0 Å². The minimum Gasteiger partial charge on any atom is -0.478 e. The van der Waals surface area contributed by atoms with Gasteiger partial charge >= 0.3 is 5.97 Å². The van der Waals surface area contributed by atoms with Crippen molar-refractivity contribution in [3.8, 4) is 0 Å². The number of hydrogen-bond donors (Lipinski definition) is 1. The molecule has 0 unspecified atom stereocenters. The second kappa shape index (κ2) is 11.0. The molecule has 0 aromatic heterocycles. The Morgan fingerprint density at radius 3 is 2.41 bits per heavy atom. The van der Waals surface area contributed by atoms with E-state index in [1.165, 1.54) is 39.0 Å². The van der Waals surface area contributed by atoms with Crippen molar-refractivity contribution in [2.45, 2.75) is 46.0 Å². The monoisotopic (exact) mass is 497 g/mol. The number of alkyl halides is 1. The van der Waals surface area contributed by atoms with Gasteiger partial charge in [-0.15, -0.1) is 0 Å². The van der Waals surface area contributed by atoms with Crippen LogP contribution in [-0.2, 0) is 12.8 Å². The molecule has 37 heavy (non-hydrogen) atoms. The van der Waals surface area contributed by atoms with Crippen molar-refractivity contribution in [3.63, 3.8) is 0 Å². The normalized spacial score (nSPS) is 16.3. The third-order valence-corrected chi connectivity index (χ3v) is 7.99. The average Bonchev–Trinajstić information content (AvgIpc) is 3.04. The van der Waals surface area contributed by atoms with Gasteiger partial charge in [-0.3, -0.25) is 4.39 Å². The fraction of sp³-hybridized carbons (Fsp3) is 0.364. The summed E-state index contributed by atoms with van der Waals surface area (Å²) < 4.78 is 12.4. The minimum atomic E-state index is -0.879. The lowest BCUT2D eigenvalue weighted by atomic mass is 9.84. The van der Waals surface area contributed by atoms with E-state index in [1.54, 1.807) is 6.07 Å². The van der Waals surface area contributed by atoms with E-state index in [4.69, 9.17) is 0 Å². The van der Waals surface area contributed by atoms with Crippen LogP contribution in [0.2, 0.25) is 0 Å². The number of aromatic carboxylic acids is 1. The number of benzene rings is 3. The molecule has 4 heteroatoms. The van der Waals surface area contributed by atoms with Crippen molar-refractivity contribution in [2.75, 3.05) is 26.3 Å². The molecule has 2 aliphatic rings. The summed E-state index contributed by atoms with van der Waals surface area (Å²) in [6.07, 6.45) is 4.49. The third-order valence-electron chi connectivity index (χ3n) is 7.99. The van der Waals surface area contributed by atoms with Crippen molar-refractivity contribution in [1.29, 1.82) is 0 Å². The first-order valence-corrected chi connectivity index (χ1v) is 13.5. The van der Waals surface area contributed by atoms with Gasteiger partial charge in [0, 0.05) is 19.6 Å². The molecule has 0 bridgehead atoms. The molecule has 3 aromatic rings. The number of hydrogen-bond acceptors (Lipinski definition) is 2. The lowest BCUT2D eigenvalue weighted by Gasteiger charge is -2.39. The predicted molar refractivity (Wildman–Crippen MR) is 149 cm³/mol. The zero-order valence-electron chi connectivity index (χ0n) is 21.9. The molecule has 192 valence electrons. The Morgan fingerprint density at radius 2 is 1.73 bits per heavy atom. The van der Waals surface area contributed by atoms with Gasteiger partial charge < -0.3 is 10.0 Å². The Balaban J connectivity index is 1.52. The average molecular weight is 498 g/mol.